The van der Waals surface area contributed by atoms with Gasteiger partial charge in [-0.25, -0.2) is 9.59 Å². The average molecular weight is 449 g/mol. The Labute approximate surface area is 192 Å². The van der Waals surface area contributed by atoms with Crippen LogP contribution in [0.2, 0.25) is 0 Å². The van der Waals surface area contributed by atoms with Crippen LogP contribution in [0.1, 0.15) is 49.1 Å². The first-order valence-corrected chi connectivity index (χ1v) is 11.6. The van der Waals surface area contributed by atoms with Crippen LogP contribution in [-0.4, -0.2) is 53.7 Å². The summed E-state index contributed by atoms with van der Waals surface area (Å²) in [6.45, 7) is 0.849. The molecule has 1 atom stereocenters. The van der Waals surface area contributed by atoms with Crippen molar-refractivity contribution in [3.8, 4) is 11.1 Å². The number of likely N-dealkylation sites (tertiary alicyclic amines) is 1. The van der Waals surface area contributed by atoms with Gasteiger partial charge in [-0.1, -0.05) is 48.5 Å². The normalized spacial score (nSPS) is 20.5. The molecule has 1 aliphatic heterocycles. The van der Waals surface area contributed by atoms with Gasteiger partial charge >= 0.3 is 12.1 Å². The fourth-order valence-electron chi connectivity index (χ4n) is 5.24. The molecule has 1 saturated carbocycles. The SMILES string of the molecule is O=C(NCC1(C(=O)N2CCCC[C@H]2C(=O)O)CC1)OCC1c2ccccc2-c2ccccc21. The number of rotatable bonds is 6. The lowest BCUT2D eigenvalue weighted by Crippen LogP contribution is -2.52. The number of benzene rings is 2. The maximum atomic E-state index is 13.1. The van der Waals surface area contributed by atoms with Gasteiger partial charge in [-0.15, -0.1) is 0 Å². The summed E-state index contributed by atoms with van der Waals surface area (Å²) in [4.78, 5) is 38.7. The molecule has 7 heteroatoms. The molecule has 2 aromatic rings. The van der Waals surface area contributed by atoms with Crippen molar-refractivity contribution in [3.63, 3.8) is 0 Å². The van der Waals surface area contributed by atoms with E-state index in [0.717, 1.165) is 24.0 Å². The highest BCUT2D eigenvalue weighted by Crippen LogP contribution is 2.48. The number of ether oxygens (including phenoxy) is 1. The number of fused-ring (bicyclic) bond motifs is 3. The van der Waals surface area contributed by atoms with Crippen molar-refractivity contribution in [2.45, 2.75) is 44.1 Å². The molecule has 5 rings (SSSR count). The van der Waals surface area contributed by atoms with Gasteiger partial charge in [-0.05, 0) is 54.4 Å². The number of hydrogen-bond acceptors (Lipinski definition) is 4. The molecule has 0 bridgehead atoms. The second kappa shape index (κ2) is 8.54. The summed E-state index contributed by atoms with van der Waals surface area (Å²) in [5.74, 6) is -1.14. The highest BCUT2D eigenvalue weighted by atomic mass is 16.5. The Morgan fingerprint density at radius 1 is 1.00 bits per heavy atom. The molecule has 2 N–H and O–H groups in total. The van der Waals surface area contributed by atoms with Gasteiger partial charge in [0.1, 0.15) is 12.6 Å². The maximum Gasteiger partial charge on any atom is 0.407 e. The highest BCUT2D eigenvalue weighted by Gasteiger charge is 2.53. The Hall–Kier alpha value is -3.35. The van der Waals surface area contributed by atoms with Gasteiger partial charge in [0.2, 0.25) is 5.91 Å². The van der Waals surface area contributed by atoms with E-state index >= 15 is 0 Å². The molecular weight excluding hydrogens is 420 g/mol. The van der Waals surface area contributed by atoms with Crippen molar-refractivity contribution >= 4 is 18.0 Å². The van der Waals surface area contributed by atoms with Gasteiger partial charge in [0.25, 0.3) is 0 Å². The first kappa shape index (κ1) is 21.5. The first-order chi connectivity index (χ1) is 16.0. The number of piperidine rings is 1. The van der Waals surface area contributed by atoms with Gasteiger partial charge in [0.05, 0.1) is 5.41 Å². The average Bonchev–Trinajstić information content (AvgIpc) is 3.57. The molecule has 33 heavy (non-hydrogen) atoms. The Balaban J connectivity index is 1.20. The predicted octanol–water partition coefficient (Wildman–Crippen LogP) is 3.77. The van der Waals surface area contributed by atoms with Crippen molar-refractivity contribution in [1.82, 2.24) is 10.2 Å². The number of alkyl carbamates (subject to hydrolysis) is 1. The molecule has 0 radical (unpaired) electrons. The topological polar surface area (TPSA) is 95.9 Å². The van der Waals surface area contributed by atoms with Crippen LogP contribution in [-0.2, 0) is 14.3 Å². The van der Waals surface area contributed by atoms with Crippen LogP contribution >= 0.6 is 0 Å². The van der Waals surface area contributed by atoms with Crippen LogP contribution in [0.25, 0.3) is 11.1 Å². The number of nitrogens with zero attached hydrogens (tertiary/aromatic N) is 1. The van der Waals surface area contributed by atoms with E-state index in [1.165, 1.54) is 16.0 Å². The molecule has 2 fully saturated rings. The molecular formula is C26H28N2O5. The quantitative estimate of drug-likeness (QED) is 0.701. The zero-order valence-electron chi connectivity index (χ0n) is 18.5. The van der Waals surface area contributed by atoms with E-state index in [-0.39, 0.29) is 25.0 Å². The maximum absolute atomic E-state index is 13.1. The summed E-state index contributed by atoms with van der Waals surface area (Å²) in [7, 11) is 0. The van der Waals surface area contributed by atoms with Crippen LogP contribution in [0.5, 0.6) is 0 Å². The van der Waals surface area contributed by atoms with Crippen LogP contribution in [0.3, 0.4) is 0 Å². The van der Waals surface area contributed by atoms with E-state index in [4.69, 9.17) is 4.74 Å². The van der Waals surface area contributed by atoms with E-state index in [2.05, 4.69) is 29.6 Å². The van der Waals surface area contributed by atoms with Crippen LogP contribution in [0, 0.1) is 5.41 Å². The number of carbonyl (C=O) groups is 3. The molecule has 2 aliphatic carbocycles. The minimum absolute atomic E-state index is 0.0238. The van der Waals surface area contributed by atoms with Crippen LogP contribution in [0.15, 0.2) is 48.5 Å². The third-order valence-corrected chi connectivity index (χ3v) is 7.27. The van der Waals surface area contributed by atoms with E-state index in [1.54, 1.807) is 0 Å². The van der Waals surface area contributed by atoms with Crippen molar-refractivity contribution in [2.24, 2.45) is 5.41 Å². The Morgan fingerprint density at radius 2 is 1.64 bits per heavy atom. The molecule has 2 aromatic carbocycles. The molecule has 0 unspecified atom stereocenters. The zero-order chi connectivity index (χ0) is 23.0. The second-order valence-corrected chi connectivity index (χ2v) is 9.31. The molecule has 3 aliphatic rings. The largest absolute Gasteiger partial charge is 0.480 e. The van der Waals surface area contributed by atoms with Crippen LogP contribution < -0.4 is 5.32 Å². The minimum Gasteiger partial charge on any atom is -0.480 e. The summed E-state index contributed by atoms with van der Waals surface area (Å²) < 4.78 is 5.58. The number of carboxylic acid groups (broad SMARTS) is 1. The number of aliphatic carboxylic acids is 1. The van der Waals surface area contributed by atoms with Crippen molar-refractivity contribution in [1.29, 1.82) is 0 Å². The van der Waals surface area contributed by atoms with Gasteiger partial charge in [-0.2, -0.15) is 0 Å². The molecule has 172 valence electrons. The second-order valence-electron chi connectivity index (χ2n) is 9.31. The fraction of sp³-hybridized carbons (Fsp3) is 0.423. The highest BCUT2D eigenvalue weighted by molar-refractivity contribution is 5.90. The monoisotopic (exact) mass is 448 g/mol. The third kappa shape index (κ3) is 3.96. The summed E-state index contributed by atoms with van der Waals surface area (Å²) in [6.07, 6.45) is 2.86. The lowest BCUT2D eigenvalue weighted by molar-refractivity contribution is -0.154. The van der Waals surface area contributed by atoms with Crippen molar-refractivity contribution in [3.05, 3.63) is 59.7 Å². The third-order valence-electron chi connectivity index (χ3n) is 7.27. The number of carbonyl (C=O) groups excluding carboxylic acids is 2. The lowest BCUT2D eigenvalue weighted by atomic mass is 9.97. The summed E-state index contributed by atoms with van der Waals surface area (Å²) in [6, 6.07) is 15.5. The van der Waals surface area contributed by atoms with E-state index < -0.39 is 23.5 Å². The predicted molar refractivity (Wildman–Crippen MR) is 122 cm³/mol. The Kier molecular flexibility index (Phi) is 5.56. The fourth-order valence-corrected chi connectivity index (χ4v) is 5.24. The molecule has 7 nitrogen and oxygen atoms in total. The minimum atomic E-state index is -0.955. The number of nitrogens with one attached hydrogen (secondary N) is 1. The molecule has 0 aromatic heterocycles. The molecule has 1 saturated heterocycles. The zero-order valence-corrected chi connectivity index (χ0v) is 18.5. The van der Waals surface area contributed by atoms with E-state index in [0.29, 0.717) is 25.8 Å². The van der Waals surface area contributed by atoms with Crippen molar-refractivity contribution in [2.75, 3.05) is 19.7 Å². The summed E-state index contributed by atoms with van der Waals surface area (Å²) in [5.41, 5.74) is 3.92. The molecule has 0 spiro atoms. The summed E-state index contributed by atoms with van der Waals surface area (Å²) in [5, 5.41) is 12.3. The van der Waals surface area contributed by atoms with Gasteiger partial charge in [-0.3, -0.25) is 4.79 Å². The number of carboxylic acids is 1. The lowest BCUT2D eigenvalue weighted by Gasteiger charge is -2.35. The van der Waals surface area contributed by atoms with Crippen molar-refractivity contribution < 1.29 is 24.2 Å². The molecule has 2 amide bonds. The molecule has 1 heterocycles. The van der Waals surface area contributed by atoms with E-state index in [1.807, 2.05) is 24.3 Å². The van der Waals surface area contributed by atoms with Gasteiger partial charge in [0.15, 0.2) is 0 Å². The summed E-state index contributed by atoms with van der Waals surface area (Å²) >= 11 is 0. The van der Waals surface area contributed by atoms with Crippen LogP contribution in [0.4, 0.5) is 4.79 Å². The Bertz CT molecular complexity index is 1050. The van der Waals surface area contributed by atoms with Gasteiger partial charge < -0.3 is 20.1 Å². The standard InChI is InChI=1S/C26H28N2O5/c29-23(30)22-11-5-6-14-28(22)24(31)26(12-13-26)16-27-25(32)33-15-21-19-9-3-1-7-17(19)18-8-2-4-10-20(18)21/h1-4,7-10,21-22H,5-6,11-16H2,(H,27,32)(H,29,30)/t22-/m0/s1. The first-order valence-electron chi connectivity index (χ1n) is 11.6. The number of hydrogen-bond donors (Lipinski definition) is 2. The van der Waals surface area contributed by atoms with E-state index in [9.17, 15) is 19.5 Å². The van der Waals surface area contributed by atoms with Gasteiger partial charge in [0, 0.05) is 19.0 Å². The Morgan fingerprint density at radius 3 is 2.24 bits per heavy atom. The smallest absolute Gasteiger partial charge is 0.407 e. The number of amides is 2.